The molecule has 0 amide bonds. The molecule has 14 N–H and O–H groups in total. The highest BCUT2D eigenvalue weighted by Crippen LogP contribution is 2.52. The zero-order valence-corrected chi connectivity index (χ0v) is 23.2. The number of aliphatic hydroxyl groups excluding tert-OH is 11. The Morgan fingerprint density at radius 2 is 1.65 bits per heavy atom. The Labute approximate surface area is 246 Å². The molecule has 17 heteroatoms. The van der Waals surface area contributed by atoms with Crippen molar-refractivity contribution in [1.29, 1.82) is 0 Å². The highest BCUT2D eigenvalue weighted by Gasteiger charge is 2.69. The van der Waals surface area contributed by atoms with Gasteiger partial charge in [0, 0.05) is 12.5 Å². The van der Waals surface area contributed by atoms with Crippen molar-refractivity contribution in [1.82, 2.24) is 0 Å². The summed E-state index contributed by atoms with van der Waals surface area (Å²) in [5.41, 5.74) is 4.73. The van der Waals surface area contributed by atoms with Crippen LogP contribution in [0, 0.1) is 23.7 Å². The monoisotopic (exact) mass is 625 g/mol. The van der Waals surface area contributed by atoms with E-state index in [2.05, 4.69) is 0 Å². The third kappa shape index (κ3) is 5.88. The topological polar surface area (TPSA) is 306 Å². The maximum absolute atomic E-state index is 11.2. The lowest BCUT2D eigenvalue weighted by atomic mass is 9.74. The first-order valence-corrected chi connectivity index (χ1v) is 14.2. The molecule has 2 aliphatic carbocycles. The summed E-state index contributed by atoms with van der Waals surface area (Å²) in [5.74, 6) is -11.0. The van der Waals surface area contributed by atoms with E-state index in [1.807, 2.05) is 0 Å². The standard InChI is InChI=1S/C26H43NO16/c27-4-2-1-3-5-40-24(38)13-16(32)10(7-29)18(34)21(13)42-25-20(36)22-14(11(8-30)41-25)26(39,43-22)23(37)12-15(31)9(6-28)17(33)19(12)35/h9-11,13-16,18,20-22,24-25,28-39H,1-8,27H2/b23-12+/t9?,10?,11?,13?,14-,15?,16?,18-,20?,21?,22?,24-,25-,26?/m1/s1. The van der Waals surface area contributed by atoms with E-state index in [9.17, 15) is 61.3 Å². The third-order valence-electron chi connectivity index (χ3n) is 8.90. The number of nitrogens with two attached hydrogens (primary N) is 1. The lowest BCUT2D eigenvalue weighted by Gasteiger charge is -2.58. The molecule has 3 fully saturated rings. The van der Waals surface area contributed by atoms with E-state index in [0.717, 1.165) is 12.8 Å². The summed E-state index contributed by atoms with van der Waals surface area (Å²) in [4.78, 5) is 0. The van der Waals surface area contributed by atoms with Gasteiger partial charge in [0.15, 0.2) is 24.1 Å². The van der Waals surface area contributed by atoms with Gasteiger partial charge in [-0.3, -0.25) is 0 Å². The predicted octanol–water partition coefficient (Wildman–Crippen LogP) is -4.30. The minimum absolute atomic E-state index is 0.0948. The van der Waals surface area contributed by atoms with Crippen molar-refractivity contribution in [2.24, 2.45) is 29.4 Å². The molecular formula is C26H43NO16. The molecule has 14 atom stereocenters. The van der Waals surface area contributed by atoms with E-state index >= 15 is 0 Å². The number of fused-ring (bicyclic) bond motifs is 1. The summed E-state index contributed by atoms with van der Waals surface area (Å²) >= 11 is 0. The van der Waals surface area contributed by atoms with Gasteiger partial charge in [-0.2, -0.15) is 0 Å². The van der Waals surface area contributed by atoms with Crippen LogP contribution in [0.2, 0.25) is 0 Å². The van der Waals surface area contributed by atoms with E-state index < -0.39 is 127 Å². The number of ether oxygens (including phenoxy) is 4. The number of rotatable bonds is 13. The molecule has 1 saturated carbocycles. The lowest BCUT2D eigenvalue weighted by Crippen LogP contribution is -2.75. The minimum atomic E-state index is -2.74. The van der Waals surface area contributed by atoms with Gasteiger partial charge in [0.05, 0.1) is 73.7 Å². The molecule has 43 heavy (non-hydrogen) atoms. The van der Waals surface area contributed by atoms with Crippen molar-refractivity contribution in [2.75, 3.05) is 33.0 Å². The quantitative estimate of drug-likeness (QED) is 0.0523. The molecule has 0 aromatic heterocycles. The van der Waals surface area contributed by atoms with Crippen LogP contribution in [0.5, 0.6) is 0 Å². The van der Waals surface area contributed by atoms with Crippen LogP contribution in [-0.2, 0) is 18.9 Å². The number of hydrogen-bond donors (Lipinski definition) is 13. The first-order valence-electron chi connectivity index (χ1n) is 14.2. The van der Waals surface area contributed by atoms with Crippen molar-refractivity contribution in [3.05, 3.63) is 22.9 Å². The van der Waals surface area contributed by atoms with Crippen LogP contribution < -0.4 is 5.73 Å². The molecule has 2 heterocycles. The second kappa shape index (κ2) is 13.8. The highest BCUT2D eigenvalue weighted by atomic mass is 16.7. The number of aliphatic hydroxyl groups is 12. The molecule has 248 valence electrons. The summed E-state index contributed by atoms with van der Waals surface area (Å²) in [6, 6.07) is 0. The Hall–Kier alpha value is -1.68. The van der Waals surface area contributed by atoms with Gasteiger partial charge < -0.3 is 86.0 Å². The highest BCUT2D eigenvalue weighted by molar-refractivity contribution is 5.44. The van der Waals surface area contributed by atoms with Gasteiger partial charge in [-0.1, -0.05) is 0 Å². The second-order valence-electron chi connectivity index (χ2n) is 11.4. The van der Waals surface area contributed by atoms with Crippen molar-refractivity contribution >= 4 is 0 Å². The van der Waals surface area contributed by atoms with Crippen molar-refractivity contribution in [3.63, 3.8) is 0 Å². The molecule has 0 spiro atoms. The largest absolute Gasteiger partial charge is 0.508 e. The summed E-state index contributed by atoms with van der Waals surface area (Å²) in [5, 5.41) is 125. The van der Waals surface area contributed by atoms with Crippen LogP contribution >= 0.6 is 0 Å². The number of unbranched alkanes of at least 4 members (excludes halogenated alkanes) is 2. The molecule has 4 rings (SSSR count). The molecule has 4 aliphatic rings. The third-order valence-corrected chi connectivity index (χ3v) is 8.90. The van der Waals surface area contributed by atoms with Crippen LogP contribution in [0.25, 0.3) is 0 Å². The first-order chi connectivity index (χ1) is 20.4. The van der Waals surface area contributed by atoms with E-state index in [0.29, 0.717) is 13.0 Å². The van der Waals surface area contributed by atoms with Crippen LogP contribution in [0.3, 0.4) is 0 Å². The van der Waals surface area contributed by atoms with Crippen LogP contribution in [-0.4, -0.2) is 155 Å². The Balaban J connectivity index is 1.52. The SMILES string of the molecule is NCCCCCO[C@@H](O)C1C(O)C(CO)[C@@H](O)C1O[C@H]1OC(CO)[C@@H]2C(OC2(O)/C(O)=C2\C(O)=C(O)C(CO)C2O)C1O. The van der Waals surface area contributed by atoms with Gasteiger partial charge >= 0.3 is 0 Å². The fraction of sp³-hybridized carbons (Fsp3) is 0.846. The van der Waals surface area contributed by atoms with E-state index in [1.165, 1.54) is 0 Å². The van der Waals surface area contributed by atoms with E-state index in [1.54, 1.807) is 0 Å². The van der Waals surface area contributed by atoms with E-state index in [-0.39, 0.29) is 6.61 Å². The summed E-state index contributed by atoms with van der Waals surface area (Å²) in [6.45, 7) is -1.74. The summed E-state index contributed by atoms with van der Waals surface area (Å²) < 4.78 is 22.3. The fourth-order valence-electron chi connectivity index (χ4n) is 6.43. The molecule has 10 unspecified atom stereocenters. The summed E-state index contributed by atoms with van der Waals surface area (Å²) in [7, 11) is 0. The van der Waals surface area contributed by atoms with Gasteiger partial charge in [-0.05, 0) is 25.8 Å². The van der Waals surface area contributed by atoms with Crippen LogP contribution in [0.15, 0.2) is 22.9 Å². The van der Waals surface area contributed by atoms with Gasteiger partial charge in [0.1, 0.15) is 18.0 Å². The number of hydrogen-bond acceptors (Lipinski definition) is 17. The Morgan fingerprint density at radius 1 is 0.953 bits per heavy atom. The second-order valence-corrected chi connectivity index (χ2v) is 11.4. The first kappa shape index (κ1) is 34.2. The molecule has 17 nitrogen and oxygen atoms in total. The lowest BCUT2D eigenvalue weighted by molar-refractivity contribution is -0.443. The molecule has 2 aliphatic heterocycles. The maximum atomic E-state index is 11.2. The molecule has 0 aromatic rings. The molecule has 0 aromatic carbocycles. The molecular weight excluding hydrogens is 582 g/mol. The predicted molar refractivity (Wildman–Crippen MR) is 139 cm³/mol. The zero-order chi connectivity index (χ0) is 31.8. The average Bonchev–Trinajstić information content (AvgIpc) is 3.34. The molecule has 0 radical (unpaired) electrons. The average molecular weight is 626 g/mol. The Kier molecular flexibility index (Phi) is 10.9. The van der Waals surface area contributed by atoms with E-state index in [4.69, 9.17) is 24.7 Å². The van der Waals surface area contributed by atoms with Crippen molar-refractivity contribution < 1.29 is 80.2 Å². The van der Waals surface area contributed by atoms with Gasteiger partial charge in [0.2, 0.25) is 5.79 Å². The summed E-state index contributed by atoms with van der Waals surface area (Å²) in [6.07, 6.45) is -12.2. The van der Waals surface area contributed by atoms with Gasteiger partial charge in [-0.15, -0.1) is 0 Å². The normalized spacial score (nSPS) is 44.8. The zero-order valence-electron chi connectivity index (χ0n) is 23.2. The van der Waals surface area contributed by atoms with Gasteiger partial charge in [-0.25, -0.2) is 0 Å². The molecule has 2 saturated heterocycles. The smallest absolute Gasteiger partial charge is 0.234 e. The fourth-order valence-corrected chi connectivity index (χ4v) is 6.43. The Morgan fingerprint density at radius 3 is 2.23 bits per heavy atom. The van der Waals surface area contributed by atoms with Gasteiger partial charge in [0.25, 0.3) is 0 Å². The van der Waals surface area contributed by atoms with Crippen LogP contribution in [0.1, 0.15) is 19.3 Å². The maximum Gasteiger partial charge on any atom is 0.234 e. The van der Waals surface area contributed by atoms with Crippen molar-refractivity contribution in [2.45, 2.75) is 80.4 Å². The minimum Gasteiger partial charge on any atom is -0.508 e. The van der Waals surface area contributed by atoms with Crippen molar-refractivity contribution in [3.8, 4) is 0 Å². The molecule has 0 bridgehead atoms. The van der Waals surface area contributed by atoms with Crippen LogP contribution in [0.4, 0.5) is 0 Å². The Bertz CT molecular complexity index is 1030.